The molecular formula is C17H14ClFN4O2S. The lowest BCUT2D eigenvalue weighted by atomic mass is 10.0. The molecule has 3 heterocycles. The molecule has 2 aliphatic rings. The molecule has 26 heavy (non-hydrogen) atoms. The Morgan fingerprint density at radius 2 is 2.15 bits per heavy atom. The number of ether oxygens (including phenoxy) is 1. The second-order valence-electron chi connectivity index (χ2n) is 6.04. The molecular weight excluding hydrogens is 379 g/mol. The number of anilines is 1. The number of halogens is 2. The van der Waals surface area contributed by atoms with E-state index in [9.17, 15) is 9.18 Å². The molecule has 9 heteroatoms. The zero-order valence-electron chi connectivity index (χ0n) is 13.6. The largest absolute Gasteiger partial charge is 0.436 e. The first kappa shape index (κ1) is 17.1. The van der Waals surface area contributed by atoms with Gasteiger partial charge in [-0.05, 0) is 37.5 Å². The van der Waals surface area contributed by atoms with Crippen LogP contribution >= 0.6 is 23.8 Å². The van der Waals surface area contributed by atoms with Crippen molar-refractivity contribution >= 4 is 40.5 Å². The first-order chi connectivity index (χ1) is 12.6. The van der Waals surface area contributed by atoms with E-state index >= 15 is 0 Å². The summed E-state index contributed by atoms with van der Waals surface area (Å²) >= 11 is 11.5. The average molecular weight is 393 g/mol. The first-order valence-electron chi connectivity index (χ1n) is 8.14. The van der Waals surface area contributed by atoms with Gasteiger partial charge >= 0.3 is 0 Å². The van der Waals surface area contributed by atoms with Crippen LogP contribution in [-0.2, 0) is 4.79 Å². The lowest BCUT2D eigenvalue weighted by Crippen LogP contribution is -2.38. The summed E-state index contributed by atoms with van der Waals surface area (Å²) in [7, 11) is 0. The Morgan fingerprint density at radius 3 is 2.88 bits per heavy atom. The fourth-order valence-electron chi connectivity index (χ4n) is 3.23. The number of nitrogens with zero attached hydrogens (tertiary/aromatic N) is 4. The predicted molar refractivity (Wildman–Crippen MR) is 97.9 cm³/mol. The summed E-state index contributed by atoms with van der Waals surface area (Å²) in [6.07, 6.45) is 7.00. The molecule has 134 valence electrons. The predicted octanol–water partition coefficient (Wildman–Crippen LogP) is 3.55. The highest BCUT2D eigenvalue weighted by Crippen LogP contribution is 2.38. The van der Waals surface area contributed by atoms with Gasteiger partial charge in [-0.2, -0.15) is 0 Å². The fourth-order valence-corrected chi connectivity index (χ4v) is 3.83. The van der Waals surface area contributed by atoms with Crippen molar-refractivity contribution in [1.82, 2.24) is 14.9 Å². The zero-order valence-corrected chi connectivity index (χ0v) is 15.1. The summed E-state index contributed by atoms with van der Waals surface area (Å²) in [4.78, 5) is 23.8. The van der Waals surface area contributed by atoms with Crippen molar-refractivity contribution in [2.75, 3.05) is 11.4 Å². The third-order valence-electron chi connectivity index (χ3n) is 4.44. The molecule has 2 aliphatic heterocycles. The van der Waals surface area contributed by atoms with Crippen LogP contribution in [0, 0.1) is 5.82 Å². The lowest BCUT2D eigenvalue weighted by Gasteiger charge is -2.27. The normalized spacial score (nSPS) is 19.7. The molecule has 1 unspecified atom stereocenters. The smallest absolute Gasteiger partial charge is 0.256 e. The van der Waals surface area contributed by atoms with E-state index in [-0.39, 0.29) is 34.3 Å². The minimum Gasteiger partial charge on any atom is -0.436 e. The van der Waals surface area contributed by atoms with E-state index in [2.05, 4.69) is 9.97 Å². The first-order valence-corrected chi connectivity index (χ1v) is 8.92. The maximum absolute atomic E-state index is 14.6. The maximum atomic E-state index is 14.6. The summed E-state index contributed by atoms with van der Waals surface area (Å²) in [5.41, 5.74) is 0.0256. The van der Waals surface area contributed by atoms with E-state index in [1.54, 1.807) is 0 Å². The molecule has 1 aromatic heterocycles. The van der Waals surface area contributed by atoms with E-state index in [4.69, 9.17) is 28.6 Å². The molecule has 4 rings (SSSR count). The summed E-state index contributed by atoms with van der Waals surface area (Å²) in [6, 6.07) is 2.15. The van der Waals surface area contributed by atoms with E-state index < -0.39 is 5.82 Å². The van der Waals surface area contributed by atoms with Crippen LogP contribution in [0.15, 0.2) is 30.7 Å². The number of rotatable bonds is 3. The van der Waals surface area contributed by atoms with Gasteiger partial charge in [-0.1, -0.05) is 11.6 Å². The number of thiocarbonyl (C=S) groups is 1. The van der Waals surface area contributed by atoms with Crippen LogP contribution < -0.4 is 9.64 Å². The van der Waals surface area contributed by atoms with Gasteiger partial charge in [0.1, 0.15) is 17.6 Å². The second-order valence-corrected chi connectivity index (χ2v) is 6.81. The van der Waals surface area contributed by atoms with Crippen LogP contribution in [0.25, 0.3) is 0 Å². The molecule has 2 saturated heterocycles. The number of amides is 1. The second kappa shape index (κ2) is 6.77. The minimum atomic E-state index is -0.642. The molecule has 0 N–H and O–H groups in total. The Morgan fingerprint density at radius 1 is 1.31 bits per heavy atom. The SMILES string of the molecule is O=C1C2CCCCN2C(=S)N1c1cc(Oc2cnccn2)c(Cl)cc1F. The summed E-state index contributed by atoms with van der Waals surface area (Å²) in [6.45, 7) is 0.698. The Labute approximate surface area is 159 Å². The van der Waals surface area contributed by atoms with E-state index in [1.807, 2.05) is 4.90 Å². The Kier molecular flexibility index (Phi) is 4.46. The van der Waals surface area contributed by atoms with Crippen LogP contribution in [0.2, 0.25) is 5.02 Å². The average Bonchev–Trinajstić information content (AvgIpc) is 2.90. The minimum absolute atomic E-state index is 0.0256. The highest BCUT2D eigenvalue weighted by molar-refractivity contribution is 7.80. The van der Waals surface area contributed by atoms with Crippen molar-refractivity contribution in [3.8, 4) is 11.6 Å². The summed E-state index contributed by atoms with van der Waals surface area (Å²) in [5, 5.41) is 0.374. The van der Waals surface area contributed by atoms with Gasteiger partial charge in [-0.3, -0.25) is 14.7 Å². The fraction of sp³-hybridized carbons (Fsp3) is 0.294. The molecule has 0 aliphatic carbocycles. The molecule has 1 atom stereocenters. The van der Waals surface area contributed by atoms with Crippen LogP contribution in [-0.4, -0.2) is 38.5 Å². The van der Waals surface area contributed by atoms with Gasteiger partial charge in [0, 0.05) is 25.0 Å². The number of piperidine rings is 1. The molecule has 0 spiro atoms. The highest BCUT2D eigenvalue weighted by atomic mass is 35.5. The molecule has 1 aromatic carbocycles. The molecule has 2 fully saturated rings. The highest BCUT2D eigenvalue weighted by Gasteiger charge is 2.45. The monoisotopic (exact) mass is 392 g/mol. The lowest BCUT2D eigenvalue weighted by molar-refractivity contribution is -0.120. The Balaban J connectivity index is 1.71. The van der Waals surface area contributed by atoms with Crippen LogP contribution in [0.4, 0.5) is 10.1 Å². The Hall–Kier alpha value is -2.32. The van der Waals surface area contributed by atoms with Crippen molar-refractivity contribution in [1.29, 1.82) is 0 Å². The topological polar surface area (TPSA) is 58.6 Å². The van der Waals surface area contributed by atoms with Crippen molar-refractivity contribution in [2.45, 2.75) is 25.3 Å². The van der Waals surface area contributed by atoms with Crippen molar-refractivity contribution in [3.05, 3.63) is 41.6 Å². The van der Waals surface area contributed by atoms with Gasteiger partial charge < -0.3 is 9.64 Å². The Bertz CT molecular complexity index is 859. The van der Waals surface area contributed by atoms with Crippen molar-refractivity contribution < 1.29 is 13.9 Å². The van der Waals surface area contributed by atoms with Gasteiger partial charge in [0.15, 0.2) is 5.11 Å². The molecule has 2 aromatic rings. The van der Waals surface area contributed by atoms with E-state index in [1.165, 1.54) is 29.6 Å². The quantitative estimate of drug-likeness (QED) is 0.744. The number of aromatic nitrogens is 2. The van der Waals surface area contributed by atoms with Gasteiger partial charge in [0.2, 0.25) is 5.88 Å². The molecule has 1 amide bonds. The molecule has 0 bridgehead atoms. The van der Waals surface area contributed by atoms with Crippen molar-refractivity contribution in [3.63, 3.8) is 0 Å². The number of hydrogen-bond donors (Lipinski definition) is 0. The van der Waals surface area contributed by atoms with E-state index in [0.29, 0.717) is 18.1 Å². The van der Waals surface area contributed by atoms with Crippen LogP contribution in [0.5, 0.6) is 11.6 Å². The molecule has 0 radical (unpaired) electrons. The summed E-state index contributed by atoms with van der Waals surface area (Å²) in [5.74, 6) is -0.484. The summed E-state index contributed by atoms with van der Waals surface area (Å²) < 4.78 is 20.2. The maximum Gasteiger partial charge on any atom is 0.256 e. The molecule has 0 saturated carbocycles. The van der Waals surface area contributed by atoms with Gasteiger partial charge in [-0.25, -0.2) is 9.37 Å². The van der Waals surface area contributed by atoms with Gasteiger partial charge in [0.05, 0.1) is 16.9 Å². The third-order valence-corrected chi connectivity index (χ3v) is 5.15. The van der Waals surface area contributed by atoms with Gasteiger partial charge in [-0.15, -0.1) is 0 Å². The van der Waals surface area contributed by atoms with Crippen molar-refractivity contribution in [2.24, 2.45) is 0 Å². The number of carbonyl (C=O) groups excluding carboxylic acids is 1. The van der Waals surface area contributed by atoms with Gasteiger partial charge in [0.25, 0.3) is 5.91 Å². The number of hydrogen-bond acceptors (Lipinski definition) is 5. The van der Waals surface area contributed by atoms with Crippen LogP contribution in [0.3, 0.4) is 0 Å². The van der Waals surface area contributed by atoms with Crippen LogP contribution in [0.1, 0.15) is 19.3 Å². The third kappa shape index (κ3) is 2.89. The molecule has 6 nitrogen and oxygen atoms in total. The zero-order chi connectivity index (χ0) is 18.3. The standard InChI is InChI=1S/C17H14ClFN4O2S/c18-10-7-11(19)13(8-14(10)25-15-9-20-4-5-21-15)23-16(24)12-3-1-2-6-22(12)17(23)26/h4-5,7-9,12H,1-3,6H2. The number of fused-ring (bicyclic) bond motifs is 1. The number of carbonyl (C=O) groups is 1. The van der Waals surface area contributed by atoms with E-state index in [0.717, 1.165) is 18.9 Å². The number of benzene rings is 1.